The van der Waals surface area contributed by atoms with E-state index in [9.17, 15) is 8.78 Å². The highest BCUT2D eigenvalue weighted by atomic mass is 19.1. The highest BCUT2D eigenvalue weighted by molar-refractivity contribution is 5.39. The van der Waals surface area contributed by atoms with Gasteiger partial charge in [-0.05, 0) is 25.0 Å². The molecule has 1 aromatic carbocycles. The summed E-state index contributed by atoms with van der Waals surface area (Å²) in [5.74, 6) is -0.819. The molecule has 2 rings (SSSR count). The van der Waals surface area contributed by atoms with Crippen molar-refractivity contribution in [3.05, 3.63) is 29.3 Å². The lowest BCUT2D eigenvalue weighted by Crippen LogP contribution is -2.28. The second-order valence-corrected chi connectivity index (χ2v) is 4.64. The van der Waals surface area contributed by atoms with Crippen LogP contribution < -0.4 is 10.1 Å². The Kier molecular flexibility index (Phi) is 3.62. The van der Waals surface area contributed by atoms with Crippen LogP contribution in [0.4, 0.5) is 8.78 Å². The molecule has 0 aliphatic carbocycles. The second kappa shape index (κ2) is 5.00. The van der Waals surface area contributed by atoms with Crippen LogP contribution >= 0.6 is 0 Å². The number of ether oxygens (including phenoxy) is 1. The van der Waals surface area contributed by atoms with E-state index in [4.69, 9.17) is 4.74 Å². The molecule has 0 spiro atoms. The van der Waals surface area contributed by atoms with E-state index < -0.39 is 11.6 Å². The van der Waals surface area contributed by atoms with Crippen LogP contribution in [0.5, 0.6) is 5.75 Å². The maximum atomic E-state index is 13.8. The van der Waals surface area contributed by atoms with Gasteiger partial charge in [-0.25, -0.2) is 8.78 Å². The molecule has 2 nitrogen and oxygen atoms in total. The van der Waals surface area contributed by atoms with E-state index in [0.717, 1.165) is 25.0 Å². The molecule has 1 heterocycles. The Morgan fingerprint density at radius 2 is 2.00 bits per heavy atom. The van der Waals surface area contributed by atoms with Crippen LogP contribution in [0.1, 0.15) is 38.3 Å². The van der Waals surface area contributed by atoms with E-state index in [2.05, 4.69) is 5.32 Å². The highest BCUT2D eigenvalue weighted by Crippen LogP contribution is 2.35. The van der Waals surface area contributed by atoms with Gasteiger partial charge in [0.15, 0.2) is 11.6 Å². The molecular formula is C13H17F2NO. The molecule has 1 aliphatic rings. The molecule has 0 bridgehead atoms. The molecule has 1 atom stereocenters. The Hall–Kier alpha value is -1.16. The molecule has 0 saturated heterocycles. The molecule has 94 valence electrons. The van der Waals surface area contributed by atoms with Gasteiger partial charge in [-0.2, -0.15) is 0 Å². The first-order valence-corrected chi connectivity index (χ1v) is 5.96. The van der Waals surface area contributed by atoms with Gasteiger partial charge in [0.25, 0.3) is 0 Å². The minimum Gasteiger partial charge on any atom is -0.490 e. The number of rotatable bonds is 2. The summed E-state index contributed by atoms with van der Waals surface area (Å²) < 4.78 is 32.8. The van der Waals surface area contributed by atoms with Crippen LogP contribution in [-0.4, -0.2) is 12.6 Å². The summed E-state index contributed by atoms with van der Waals surface area (Å²) in [4.78, 5) is 0. The van der Waals surface area contributed by atoms with Crippen LogP contribution in [0.2, 0.25) is 0 Å². The number of hydrogen-bond acceptors (Lipinski definition) is 2. The van der Waals surface area contributed by atoms with Gasteiger partial charge in [-0.1, -0.05) is 13.8 Å². The van der Waals surface area contributed by atoms with Gasteiger partial charge in [0.1, 0.15) is 5.82 Å². The summed E-state index contributed by atoms with van der Waals surface area (Å²) in [7, 11) is 0. The fourth-order valence-corrected chi connectivity index (χ4v) is 2.20. The van der Waals surface area contributed by atoms with E-state index >= 15 is 0 Å². The molecule has 4 heteroatoms. The standard InChI is InChI=1S/C13H17F2NO/c1-8(2)16-11-4-3-7-17-13-10(15)6-5-9(14)12(11)13/h5-6,8,11,16H,3-4,7H2,1-2H3. The van der Waals surface area contributed by atoms with Crippen LogP contribution in [0.25, 0.3) is 0 Å². The van der Waals surface area contributed by atoms with Crippen LogP contribution in [0.15, 0.2) is 12.1 Å². The Morgan fingerprint density at radius 1 is 1.29 bits per heavy atom. The molecular weight excluding hydrogens is 224 g/mol. The highest BCUT2D eigenvalue weighted by Gasteiger charge is 2.26. The zero-order valence-electron chi connectivity index (χ0n) is 10.1. The fourth-order valence-electron chi connectivity index (χ4n) is 2.20. The first-order chi connectivity index (χ1) is 8.09. The average Bonchev–Trinajstić information content (AvgIpc) is 2.46. The van der Waals surface area contributed by atoms with Gasteiger partial charge in [-0.3, -0.25) is 0 Å². The van der Waals surface area contributed by atoms with Crippen molar-refractivity contribution in [2.45, 2.75) is 38.8 Å². The predicted octanol–water partition coefficient (Wildman–Crippen LogP) is 3.18. The molecule has 0 aromatic heterocycles. The lowest BCUT2D eigenvalue weighted by molar-refractivity contribution is 0.299. The molecule has 1 aromatic rings. The quantitative estimate of drug-likeness (QED) is 0.858. The Bertz CT molecular complexity index is 407. The lowest BCUT2D eigenvalue weighted by Gasteiger charge is -2.21. The van der Waals surface area contributed by atoms with Crippen molar-refractivity contribution in [3.63, 3.8) is 0 Å². The van der Waals surface area contributed by atoms with E-state index in [0.29, 0.717) is 12.2 Å². The summed E-state index contributed by atoms with van der Waals surface area (Å²) >= 11 is 0. The Morgan fingerprint density at radius 3 is 2.71 bits per heavy atom. The molecule has 0 radical (unpaired) electrons. The minimum atomic E-state index is -0.487. The van der Waals surface area contributed by atoms with Crippen molar-refractivity contribution in [1.29, 1.82) is 0 Å². The zero-order chi connectivity index (χ0) is 12.4. The van der Waals surface area contributed by atoms with Crippen molar-refractivity contribution in [1.82, 2.24) is 5.32 Å². The number of fused-ring (bicyclic) bond motifs is 1. The van der Waals surface area contributed by atoms with E-state index in [-0.39, 0.29) is 17.8 Å². The van der Waals surface area contributed by atoms with E-state index in [1.807, 2.05) is 13.8 Å². The zero-order valence-corrected chi connectivity index (χ0v) is 10.1. The topological polar surface area (TPSA) is 21.3 Å². The Labute approximate surface area is 100.0 Å². The van der Waals surface area contributed by atoms with Gasteiger partial charge in [0.05, 0.1) is 6.61 Å². The van der Waals surface area contributed by atoms with Crippen molar-refractivity contribution in [2.75, 3.05) is 6.61 Å². The molecule has 0 fully saturated rings. The van der Waals surface area contributed by atoms with Gasteiger partial charge in [0.2, 0.25) is 0 Å². The summed E-state index contributed by atoms with van der Waals surface area (Å²) in [5.41, 5.74) is 0.330. The normalized spacial score (nSPS) is 19.7. The summed E-state index contributed by atoms with van der Waals surface area (Å²) in [6.07, 6.45) is 1.55. The molecule has 1 aliphatic heterocycles. The maximum Gasteiger partial charge on any atom is 0.165 e. The number of halogens is 2. The first-order valence-electron chi connectivity index (χ1n) is 5.96. The predicted molar refractivity (Wildman–Crippen MR) is 62.1 cm³/mol. The summed E-state index contributed by atoms with van der Waals surface area (Å²) in [6, 6.07) is 2.32. The number of hydrogen-bond donors (Lipinski definition) is 1. The number of nitrogens with one attached hydrogen (secondary N) is 1. The smallest absolute Gasteiger partial charge is 0.165 e. The van der Waals surface area contributed by atoms with Crippen molar-refractivity contribution < 1.29 is 13.5 Å². The Balaban J connectivity index is 2.43. The monoisotopic (exact) mass is 241 g/mol. The third-order valence-electron chi connectivity index (χ3n) is 2.86. The SMILES string of the molecule is CC(C)NC1CCCOc2c(F)ccc(F)c21. The van der Waals surface area contributed by atoms with Gasteiger partial charge in [0, 0.05) is 17.6 Å². The first kappa shape index (κ1) is 12.3. The molecule has 0 amide bonds. The molecule has 17 heavy (non-hydrogen) atoms. The molecule has 1 unspecified atom stereocenters. The average molecular weight is 241 g/mol. The summed E-state index contributed by atoms with van der Waals surface area (Å²) in [6.45, 7) is 4.41. The molecule has 1 N–H and O–H groups in total. The summed E-state index contributed by atoms with van der Waals surface area (Å²) in [5, 5.41) is 3.26. The molecule has 0 saturated carbocycles. The second-order valence-electron chi connectivity index (χ2n) is 4.64. The van der Waals surface area contributed by atoms with E-state index in [1.165, 1.54) is 0 Å². The van der Waals surface area contributed by atoms with Crippen molar-refractivity contribution >= 4 is 0 Å². The van der Waals surface area contributed by atoms with Crippen molar-refractivity contribution in [3.8, 4) is 5.75 Å². The van der Waals surface area contributed by atoms with Crippen LogP contribution in [-0.2, 0) is 0 Å². The van der Waals surface area contributed by atoms with Gasteiger partial charge < -0.3 is 10.1 Å². The lowest BCUT2D eigenvalue weighted by atomic mass is 10.0. The van der Waals surface area contributed by atoms with Crippen molar-refractivity contribution in [2.24, 2.45) is 0 Å². The van der Waals surface area contributed by atoms with E-state index in [1.54, 1.807) is 0 Å². The van der Waals surface area contributed by atoms with Crippen LogP contribution in [0.3, 0.4) is 0 Å². The largest absolute Gasteiger partial charge is 0.490 e. The third-order valence-corrected chi connectivity index (χ3v) is 2.86. The van der Waals surface area contributed by atoms with Gasteiger partial charge in [-0.15, -0.1) is 0 Å². The fraction of sp³-hybridized carbons (Fsp3) is 0.538. The van der Waals surface area contributed by atoms with Gasteiger partial charge >= 0.3 is 0 Å². The number of benzene rings is 1. The van der Waals surface area contributed by atoms with Crippen LogP contribution in [0, 0.1) is 11.6 Å². The maximum absolute atomic E-state index is 13.8. The minimum absolute atomic E-state index is 0.0700. The third kappa shape index (κ3) is 2.57.